The number of hydrogen-bond acceptors (Lipinski definition) is 6. The van der Waals surface area contributed by atoms with E-state index in [4.69, 9.17) is 13.9 Å². The minimum atomic E-state index is -0.254. The van der Waals surface area contributed by atoms with Crippen molar-refractivity contribution < 1.29 is 23.5 Å². The average Bonchev–Trinajstić information content (AvgIpc) is 3.45. The van der Waals surface area contributed by atoms with Gasteiger partial charge in [0.05, 0.1) is 6.10 Å². The van der Waals surface area contributed by atoms with Gasteiger partial charge in [0.25, 0.3) is 5.91 Å². The van der Waals surface area contributed by atoms with Crippen LogP contribution in [0.4, 0.5) is 0 Å². The number of carbonyl (C=O) groups excluding carboxylic acids is 2. The van der Waals surface area contributed by atoms with Crippen LogP contribution in [0.15, 0.2) is 21.3 Å². The summed E-state index contributed by atoms with van der Waals surface area (Å²) in [7, 11) is 0. The molecule has 3 aliphatic rings. The fourth-order valence-electron chi connectivity index (χ4n) is 6.03. The number of rotatable bonds is 8. The molecule has 0 radical (unpaired) electrons. The maximum absolute atomic E-state index is 12.5. The van der Waals surface area contributed by atoms with E-state index >= 15 is 0 Å². The third kappa shape index (κ3) is 6.00. The number of ether oxygens (including phenoxy) is 2. The molecule has 37 heavy (non-hydrogen) atoms. The van der Waals surface area contributed by atoms with Crippen molar-refractivity contribution in [2.24, 2.45) is 11.8 Å². The standard InChI is InChI=1S/C29H38N2O6/c1-18-25(13-12-23-22-6-2-3-7-24(22)29(34)37-27(18)23)36-17-26(32)30-15-19-8-10-20(11-9-19)28(33)31-16-21-5-4-14-35-21/h12-13,19-21H,2-11,14-17H2,1H3,(H,30,32)(H,31,33)/t19?,20?,21-/m1/s1. The van der Waals surface area contributed by atoms with Crippen LogP contribution < -0.4 is 21.0 Å². The SMILES string of the molecule is Cc1c(OCC(=O)NCC2CCC(C(=O)NC[C@H]3CCCO3)CC2)ccc2c3c(c(=O)oc12)CCCC3. The normalized spacial score (nSPS) is 23.4. The number of hydrogen-bond donors (Lipinski definition) is 2. The van der Waals surface area contributed by atoms with Crippen LogP contribution in [0.25, 0.3) is 11.0 Å². The second-order valence-electron chi connectivity index (χ2n) is 10.8. The van der Waals surface area contributed by atoms with Crippen LogP contribution in [-0.2, 0) is 27.2 Å². The second-order valence-corrected chi connectivity index (χ2v) is 10.8. The van der Waals surface area contributed by atoms with Crippen LogP contribution in [0.3, 0.4) is 0 Å². The fourth-order valence-corrected chi connectivity index (χ4v) is 6.03. The van der Waals surface area contributed by atoms with Crippen molar-refractivity contribution in [1.82, 2.24) is 10.6 Å². The Morgan fingerprint density at radius 3 is 2.51 bits per heavy atom. The molecule has 0 unspecified atom stereocenters. The van der Waals surface area contributed by atoms with Crippen molar-refractivity contribution in [3.8, 4) is 5.75 Å². The van der Waals surface area contributed by atoms with E-state index in [1.807, 2.05) is 19.1 Å². The quantitative estimate of drug-likeness (QED) is 0.526. The summed E-state index contributed by atoms with van der Waals surface area (Å²) in [5.74, 6) is 0.930. The van der Waals surface area contributed by atoms with Gasteiger partial charge in [-0.1, -0.05) is 0 Å². The van der Waals surface area contributed by atoms with Gasteiger partial charge in [-0.25, -0.2) is 4.79 Å². The monoisotopic (exact) mass is 510 g/mol. The number of carbonyl (C=O) groups is 2. The van der Waals surface area contributed by atoms with Crippen LogP contribution in [0.1, 0.15) is 68.1 Å². The topological polar surface area (TPSA) is 107 Å². The first-order valence-corrected chi connectivity index (χ1v) is 13.9. The van der Waals surface area contributed by atoms with E-state index in [0.717, 1.165) is 92.9 Å². The summed E-state index contributed by atoms with van der Waals surface area (Å²) in [6.07, 6.45) is 9.56. The zero-order chi connectivity index (χ0) is 25.8. The Balaban J connectivity index is 1.07. The molecule has 2 amide bonds. The lowest BCUT2D eigenvalue weighted by Gasteiger charge is -2.28. The summed E-state index contributed by atoms with van der Waals surface area (Å²) in [5.41, 5.74) is 2.95. The van der Waals surface area contributed by atoms with Gasteiger partial charge < -0.3 is 24.5 Å². The van der Waals surface area contributed by atoms with Crippen LogP contribution in [0, 0.1) is 18.8 Å². The Kier molecular flexibility index (Phi) is 8.13. The van der Waals surface area contributed by atoms with E-state index in [0.29, 0.717) is 30.3 Å². The predicted molar refractivity (Wildman–Crippen MR) is 140 cm³/mol. The molecular weight excluding hydrogens is 472 g/mol. The minimum Gasteiger partial charge on any atom is -0.483 e. The van der Waals surface area contributed by atoms with E-state index < -0.39 is 0 Å². The molecule has 1 atom stereocenters. The molecule has 1 aromatic heterocycles. The molecule has 5 rings (SSSR count). The molecule has 1 aliphatic heterocycles. The highest BCUT2D eigenvalue weighted by atomic mass is 16.5. The lowest BCUT2D eigenvalue weighted by Crippen LogP contribution is -2.39. The lowest BCUT2D eigenvalue weighted by atomic mass is 9.81. The lowest BCUT2D eigenvalue weighted by molar-refractivity contribution is -0.127. The summed E-state index contributed by atoms with van der Waals surface area (Å²) in [6, 6.07) is 3.81. The van der Waals surface area contributed by atoms with E-state index in [-0.39, 0.29) is 36.1 Å². The molecule has 2 fully saturated rings. The van der Waals surface area contributed by atoms with Gasteiger partial charge >= 0.3 is 5.63 Å². The molecule has 200 valence electrons. The molecule has 8 heteroatoms. The first-order valence-electron chi connectivity index (χ1n) is 13.9. The van der Waals surface area contributed by atoms with Gasteiger partial charge in [-0.3, -0.25) is 9.59 Å². The van der Waals surface area contributed by atoms with Gasteiger partial charge in [-0.2, -0.15) is 0 Å². The van der Waals surface area contributed by atoms with Crippen LogP contribution in [-0.4, -0.2) is 44.2 Å². The average molecular weight is 511 g/mol. The number of fused-ring (bicyclic) bond motifs is 3. The third-order valence-corrected chi connectivity index (χ3v) is 8.28. The number of nitrogens with one attached hydrogen (secondary N) is 2. The number of amides is 2. The third-order valence-electron chi connectivity index (χ3n) is 8.28. The van der Waals surface area contributed by atoms with Crippen molar-refractivity contribution in [2.75, 3.05) is 26.3 Å². The predicted octanol–water partition coefficient (Wildman–Crippen LogP) is 3.58. The molecule has 1 saturated carbocycles. The Morgan fingerprint density at radius 2 is 1.76 bits per heavy atom. The zero-order valence-corrected chi connectivity index (χ0v) is 21.7. The van der Waals surface area contributed by atoms with Gasteiger partial charge in [-0.15, -0.1) is 0 Å². The minimum absolute atomic E-state index is 0.0539. The Morgan fingerprint density at radius 1 is 0.973 bits per heavy atom. The summed E-state index contributed by atoms with van der Waals surface area (Å²) in [5, 5.41) is 7.00. The van der Waals surface area contributed by atoms with Gasteiger partial charge in [0.2, 0.25) is 5.91 Å². The molecule has 1 aromatic carbocycles. The van der Waals surface area contributed by atoms with Crippen LogP contribution in [0.5, 0.6) is 5.75 Å². The summed E-state index contributed by atoms with van der Waals surface area (Å²) in [4.78, 5) is 37.4. The molecule has 2 heterocycles. The molecule has 2 aliphatic carbocycles. The summed E-state index contributed by atoms with van der Waals surface area (Å²) in [6.45, 7) is 3.76. The van der Waals surface area contributed by atoms with Crippen LogP contribution in [0.2, 0.25) is 0 Å². The van der Waals surface area contributed by atoms with E-state index in [1.54, 1.807) is 0 Å². The molecule has 2 aromatic rings. The van der Waals surface area contributed by atoms with Crippen molar-refractivity contribution >= 4 is 22.8 Å². The molecule has 1 saturated heterocycles. The van der Waals surface area contributed by atoms with Gasteiger partial charge in [0.1, 0.15) is 11.3 Å². The van der Waals surface area contributed by atoms with Crippen molar-refractivity contribution in [2.45, 2.75) is 77.2 Å². The van der Waals surface area contributed by atoms with Gasteiger partial charge in [-0.05, 0) is 94.7 Å². The van der Waals surface area contributed by atoms with Crippen molar-refractivity contribution in [3.05, 3.63) is 39.2 Å². The first kappa shape index (κ1) is 25.8. The summed E-state index contributed by atoms with van der Waals surface area (Å²) >= 11 is 0. The molecular formula is C29H38N2O6. The molecule has 0 bridgehead atoms. The molecule has 0 spiro atoms. The zero-order valence-electron chi connectivity index (χ0n) is 21.7. The maximum atomic E-state index is 12.5. The van der Waals surface area contributed by atoms with Gasteiger partial charge in [0, 0.05) is 42.1 Å². The van der Waals surface area contributed by atoms with Crippen molar-refractivity contribution in [1.29, 1.82) is 0 Å². The Bertz CT molecular complexity index is 1190. The smallest absolute Gasteiger partial charge is 0.339 e. The number of benzene rings is 1. The van der Waals surface area contributed by atoms with Crippen LogP contribution >= 0.6 is 0 Å². The largest absolute Gasteiger partial charge is 0.483 e. The van der Waals surface area contributed by atoms with E-state index in [1.165, 1.54) is 0 Å². The summed E-state index contributed by atoms with van der Waals surface area (Å²) < 4.78 is 17.0. The Labute approximate surface area is 217 Å². The van der Waals surface area contributed by atoms with Gasteiger partial charge in [0.15, 0.2) is 6.61 Å². The fraction of sp³-hybridized carbons (Fsp3) is 0.621. The Hall–Kier alpha value is -2.87. The van der Waals surface area contributed by atoms with E-state index in [2.05, 4.69) is 10.6 Å². The number of aryl methyl sites for hydroxylation is 2. The highest BCUT2D eigenvalue weighted by Crippen LogP contribution is 2.33. The second kappa shape index (κ2) is 11.7. The first-order chi connectivity index (χ1) is 18.0. The van der Waals surface area contributed by atoms with Crippen molar-refractivity contribution in [3.63, 3.8) is 0 Å². The highest BCUT2D eigenvalue weighted by molar-refractivity contribution is 5.86. The molecule has 8 nitrogen and oxygen atoms in total. The highest BCUT2D eigenvalue weighted by Gasteiger charge is 2.27. The maximum Gasteiger partial charge on any atom is 0.339 e. The van der Waals surface area contributed by atoms with E-state index in [9.17, 15) is 14.4 Å². The molecule has 2 N–H and O–H groups in total.